The van der Waals surface area contributed by atoms with Gasteiger partial charge in [0.1, 0.15) is 18.1 Å². The van der Waals surface area contributed by atoms with Gasteiger partial charge < -0.3 is 14.4 Å². The fourth-order valence-corrected chi connectivity index (χ4v) is 5.16. The maximum Gasteiger partial charge on any atom is 0.269 e. The third kappa shape index (κ3) is 7.04. The third-order valence-corrected chi connectivity index (χ3v) is 7.59. The summed E-state index contributed by atoms with van der Waals surface area (Å²) in [5.41, 5.74) is 1.86. The SMILES string of the molecule is COc1ccc([C@H]2CC(c3ccc([N+](=O)[O-])cc3)=NN2C(=O)CN(CCN2CCOCC2)C(=O)c2ccccc2F)cc1. The van der Waals surface area contributed by atoms with Gasteiger partial charge in [-0.1, -0.05) is 24.3 Å². The number of nitro groups is 1. The van der Waals surface area contributed by atoms with Crippen molar-refractivity contribution < 1.29 is 28.4 Å². The van der Waals surface area contributed by atoms with E-state index < -0.39 is 28.6 Å². The summed E-state index contributed by atoms with van der Waals surface area (Å²) in [6, 6.07) is 18.5. The van der Waals surface area contributed by atoms with E-state index >= 15 is 0 Å². The van der Waals surface area contributed by atoms with E-state index in [2.05, 4.69) is 10.0 Å². The van der Waals surface area contributed by atoms with E-state index in [1.165, 1.54) is 40.2 Å². The van der Waals surface area contributed by atoms with Gasteiger partial charge in [0.15, 0.2) is 0 Å². The normalized spacial score (nSPS) is 16.9. The molecular formula is C31H32FN5O6. The van der Waals surface area contributed by atoms with E-state index in [0.717, 1.165) is 5.56 Å². The fourth-order valence-electron chi connectivity index (χ4n) is 5.16. The topological polar surface area (TPSA) is 118 Å². The molecule has 43 heavy (non-hydrogen) atoms. The Labute approximate surface area is 248 Å². The van der Waals surface area contributed by atoms with Gasteiger partial charge in [0.2, 0.25) is 0 Å². The summed E-state index contributed by atoms with van der Waals surface area (Å²) in [4.78, 5) is 41.7. The highest BCUT2D eigenvalue weighted by atomic mass is 19.1. The van der Waals surface area contributed by atoms with Crippen LogP contribution in [0.3, 0.4) is 0 Å². The second-order valence-electron chi connectivity index (χ2n) is 10.2. The zero-order valence-corrected chi connectivity index (χ0v) is 23.7. The van der Waals surface area contributed by atoms with Crippen LogP contribution in [-0.2, 0) is 9.53 Å². The second-order valence-corrected chi connectivity index (χ2v) is 10.2. The standard InChI is InChI=1S/C31H32FN5O6/c1-42-25-12-8-23(9-13-25)29-20-28(22-6-10-24(11-7-22)37(40)41)33-36(29)30(38)21-35(15-14-34-16-18-43-19-17-34)31(39)26-4-2-3-5-27(26)32/h2-13,29H,14-21H2,1H3/t29-/m1/s1. The van der Waals surface area contributed by atoms with Crippen LogP contribution in [-0.4, -0.2) is 90.3 Å². The number of carbonyl (C=O) groups is 2. The van der Waals surface area contributed by atoms with Crippen molar-refractivity contribution in [2.45, 2.75) is 12.5 Å². The minimum atomic E-state index is -0.660. The van der Waals surface area contributed by atoms with Gasteiger partial charge in [0.25, 0.3) is 17.5 Å². The number of carbonyl (C=O) groups excluding carboxylic acids is 2. The van der Waals surface area contributed by atoms with Crippen molar-refractivity contribution in [1.29, 1.82) is 0 Å². The molecule has 2 heterocycles. The van der Waals surface area contributed by atoms with E-state index in [1.807, 2.05) is 12.1 Å². The number of amides is 2. The van der Waals surface area contributed by atoms with E-state index in [1.54, 1.807) is 37.4 Å². The number of hydrogen-bond donors (Lipinski definition) is 0. The summed E-state index contributed by atoms with van der Waals surface area (Å²) in [6.45, 7) is 2.94. The number of nitrogens with zero attached hydrogens (tertiary/aromatic N) is 5. The number of ether oxygens (including phenoxy) is 2. The van der Waals surface area contributed by atoms with Crippen molar-refractivity contribution in [3.05, 3.63) is 105 Å². The first-order chi connectivity index (χ1) is 20.8. The fraction of sp³-hybridized carbons (Fsp3) is 0.323. The minimum absolute atomic E-state index is 0.0513. The highest BCUT2D eigenvalue weighted by Crippen LogP contribution is 2.34. The second kappa shape index (κ2) is 13.5. The van der Waals surface area contributed by atoms with Crippen molar-refractivity contribution in [1.82, 2.24) is 14.8 Å². The van der Waals surface area contributed by atoms with E-state index in [0.29, 0.717) is 56.3 Å². The quantitative estimate of drug-likeness (QED) is 0.260. The summed E-state index contributed by atoms with van der Waals surface area (Å²) in [5, 5.41) is 17.1. The molecule has 0 bridgehead atoms. The van der Waals surface area contributed by atoms with Crippen LogP contribution in [0.15, 0.2) is 77.9 Å². The molecule has 0 unspecified atom stereocenters. The number of hydrazone groups is 1. The number of hydrogen-bond acceptors (Lipinski definition) is 8. The Bertz CT molecular complexity index is 1490. The van der Waals surface area contributed by atoms with Crippen LogP contribution in [0.2, 0.25) is 0 Å². The van der Waals surface area contributed by atoms with Gasteiger partial charge in [-0.05, 0) is 47.5 Å². The zero-order valence-electron chi connectivity index (χ0n) is 23.7. The highest BCUT2D eigenvalue weighted by molar-refractivity contribution is 6.04. The molecule has 2 aliphatic heterocycles. The Morgan fingerprint density at radius 1 is 1.07 bits per heavy atom. The van der Waals surface area contributed by atoms with Crippen molar-refractivity contribution in [3.8, 4) is 5.75 Å². The Morgan fingerprint density at radius 3 is 2.42 bits per heavy atom. The number of methoxy groups -OCH3 is 1. The molecule has 0 aromatic heterocycles. The lowest BCUT2D eigenvalue weighted by Gasteiger charge is -2.31. The Hall–Kier alpha value is -4.68. The van der Waals surface area contributed by atoms with E-state index in [9.17, 15) is 24.1 Å². The number of non-ortho nitro benzene ring substituents is 1. The first-order valence-electron chi connectivity index (χ1n) is 14.0. The number of halogens is 1. The molecule has 12 heteroatoms. The predicted molar refractivity (Wildman–Crippen MR) is 156 cm³/mol. The molecule has 1 fully saturated rings. The molecule has 0 saturated carbocycles. The molecule has 1 saturated heterocycles. The molecule has 11 nitrogen and oxygen atoms in total. The van der Waals surface area contributed by atoms with Crippen LogP contribution in [0.25, 0.3) is 0 Å². The van der Waals surface area contributed by atoms with Crippen molar-refractivity contribution in [2.24, 2.45) is 5.10 Å². The van der Waals surface area contributed by atoms with Gasteiger partial charge in [-0.15, -0.1) is 0 Å². The lowest BCUT2D eigenvalue weighted by molar-refractivity contribution is -0.384. The summed E-state index contributed by atoms with van der Waals surface area (Å²) >= 11 is 0. The van der Waals surface area contributed by atoms with E-state index in [4.69, 9.17) is 9.47 Å². The first kappa shape index (κ1) is 29.8. The highest BCUT2D eigenvalue weighted by Gasteiger charge is 2.35. The van der Waals surface area contributed by atoms with Crippen molar-refractivity contribution >= 4 is 23.2 Å². The maximum absolute atomic E-state index is 14.7. The molecule has 1 atom stereocenters. The van der Waals surface area contributed by atoms with Crippen LogP contribution >= 0.6 is 0 Å². The zero-order chi connectivity index (χ0) is 30.3. The molecule has 224 valence electrons. The van der Waals surface area contributed by atoms with Crippen LogP contribution in [0.5, 0.6) is 5.75 Å². The Kier molecular flexibility index (Phi) is 9.38. The van der Waals surface area contributed by atoms with Gasteiger partial charge in [-0.3, -0.25) is 24.6 Å². The molecule has 3 aromatic rings. The van der Waals surface area contributed by atoms with Crippen LogP contribution in [0, 0.1) is 15.9 Å². The van der Waals surface area contributed by atoms with Crippen molar-refractivity contribution in [2.75, 3.05) is 53.0 Å². The van der Waals surface area contributed by atoms with Crippen LogP contribution in [0.4, 0.5) is 10.1 Å². The average Bonchev–Trinajstić information content (AvgIpc) is 3.49. The molecule has 0 radical (unpaired) electrons. The smallest absolute Gasteiger partial charge is 0.269 e. The maximum atomic E-state index is 14.7. The molecule has 3 aromatic carbocycles. The molecular weight excluding hydrogens is 557 g/mol. The van der Waals surface area contributed by atoms with Gasteiger partial charge in [0, 0.05) is 44.7 Å². The monoisotopic (exact) mass is 589 g/mol. The van der Waals surface area contributed by atoms with Crippen molar-refractivity contribution in [3.63, 3.8) is 0 Å². The largest absolute Gasteiger partial charge is 0.497 e. The molecule has 0 N–H and O–H groups in total. The summed E-state index contributed by atoms with van der Waals surface area (Å²) in [5.74, 6) is -1.03. The third-order valence-electron chi connectivity index (χ3n) is 7.59. The van der Waals surface area contributed by atoms with Gasteiger partial charge >= 0.3 is 0 Å². The van der Waals surface area contributed by atoms with Gasteiger partial charge in [-0.25, -0.2) is 9.40 Å². The molecule has 0 aliphatic carbocycles. The van der Waals surface area contributed by atoms with Crippen LogP contribution in [0.1, 0.15) is 33.9 Å². The van der Waals surface area contributed by atoms with Crippen LogP contribution < -0.4 is 4.74 Å². The summed E-state index contributed by atoms with van der Waals surface area (Å²) in [7, 11) is 1.56. The first-order valence-corrected chi connectivity index (χ1v) is 14.0. The molecule has 2 amide bonds. The van der Waals surface area contributed by atoms with Gasteiger partial charge in [0.05, 0.1) is 42.6 Å². The summed E-state index contributed by atoms with van der Waals surface area (Å²) < 4.78 is 25.4. The Morgan fingerprint density at radius 2 is 1.77 bits per heavy atom. The lowest BCUT2D eigenvalue weighted by atomic mass is 9.98. The Balaban J connectivity index is 1.43. The predicted octanol–water partition coefficient (Wildman–Crippen LogP) is 3.89. The van der Waals surface area contributed by atoms with E-state index in [-0.39, 0.29) is 24.3 Å². The number of morpholine rings is 1. The summed E-state index contributed by atoms with van der Waals surface area (Å²) in [6.07, 6.45) is 0.352. The number of benzene rings is 3. The average molecular weight is 590 g/mol. The minimum Gasteiger partial charge on any atom is -0.497 e. The molecule has 5 rings (SSSR count). The molecule has 2 aliphatic rings. The van der Waals surface area contributed by atoms with Gasteiger partial charge in [-0.2, -0.15) is 5.10 Å². The lowest BCUT2D eigenvalue weighted by Crippen LogP contribution is -2.46. The number of nitro benzene ring substituents is 1. The number of rotatable bonds is 10. The molecule has 0 spiro atoms.